The quantitative estimate of drug-likeness (QED) is 0.804. The predicted molar refractivity (Wildman–Crippen MR) is 83.6 cm³/mol. The second kappa shape index (κ2) is 6.23. The molecule has 0 saturated carbocycles. The number of benzene rings is 1. The number of carbonyl (C=O) groups excluding carboxylic acids is 2. The van der Waals surface area contributed by atoms with Crippen LogP contribution in [-0.2, 0) is 14.3 Å². The molecular formula is C17H18ClNO3. The van der Waals surface area contributed by atoms with Crippen molar-refractivity contribution in [1.82, 2.24) is 4.90 Å². The van der Waals surface area contributed by atoms with Gasteiger partial charge in [0.2, 0.25) is 0 Å². The van der Waals surface area contributed by atoms with Crippen LogP contribution in [0.1, 0.15) is 24.4 Å². The van der Waals surface area contributed by atoms with Crippen molar-refractivity contribution >= 4 is 23.4 Å². The van der Waals surface area contributed by atoms with Crippen LogP contribution in [-0.4, -0.2) is 36.9 Å². The van der Waals surface area contributed by atoms with E-state index in [-0.39, 0.29) is 11.8 Å². The monoisotopic (exact) mass is 319 g/mol. The van der Waals surface area contributed by atoms with Crippen LogP contribution >= 0.6 is 11.6 Å². The molecule has 1 saturated heterocycles. The number of ketones is 1. The van der Waals surface area contributed by atoms with E-state index in [1.165, 1.54) is 7.11 Å². The van der Waals surface area contributed by atoms with E-state index in [9.17, 15) is 9.59 Å². The minimum atomic E-state index is -0.531. The van der Waals surface area contributed by atoms with Crippen LogP contribution in [0.25, 0.3) is 0 Å². The molecule has 2 atom stereocenters. The summed E-state index contributed by atoms with van der Waals surface area (Å²) in [5, 5.41) is 0.552. The predicted octanol–water partition coefficient (Wildman–Crippen LogP) is 2.78. The highest BCUT2D eigenvalue weighted by atomic mass is 35.5. The lowest BCUT2D eigenvalue weighted by Gasteiger charge is -2.36. The number of fused-ring (bicyclic) bond motifs is 1. The van der Waals surface area contributed by atoms with Gasteiger partial charge in [-0.05, 0) is 35.6 Å². The van der Waals surface area contributed by atoms with Gasteiger partial charge in [0.25, 0.3) is 0 Å². The molecule has 1 aliphatic heterocycles. The number of halogens is 1. The molecule has 0 aromatic heterocycles. The Hall–Kier alpha value is -1.65. The summed E-state index contributed by atoms with van der Waals surface area (Å²) in [5.41, 5.74) is 1.87. The molecule has 5 heteroatoms. The summed E-state index contributed by atoms with van der Waals surface area (Å²) in [6.07, 6.45) is 3.23. The third kappa shape index (κ3) is 2.81. The minimum absolute atomic E-state index is 0.189. The van der Waals surface area contributed by atoms with Gasteiger partial charge in [0.15, 0.2) is 5.78 Å². The van der Waals surface area contributed by atoms with Gasteiger partial charge in [-0.3, -0.25) is 9.69 Å². The van der Waals surface area contributed by atoms with Crippen LogP contribution in [0.3, 0.4) is 0 Å². The molecule has 0 amide bonds. The number of likely N-dealkylation sites (tertiary alicyclic amines) is 1. The number of piperidine rings is 1. The molecular weight excluding hydrogens is 302 g/mol. The molecule has 116 valence electrons. The van der Waals surface area contributed by atoms with Crippen molar-refractivity contribution in [3.05, 3.63) is 46.5 Å². The molecule has 1 fully saturated rings. The Morgan fingerprint density at radius 1 is 1.41 bits per heavy atom. The number of carbonyl (C=O) groups is 2. The maximum absolute atomic E-state index is 12.3. The van der Waals surface area contributed by atoms with Crippen molar-refractivity contribution in [2.24, 2.45) is 5.92 Å². The maximum Gasteiger partial charge on any atom is 0.327 e. The van der Waals surface area contributed by atoms with Gasteiger partial charge in [-0.1, -0.05) is 29.8 Å². The van der Waals surface area contributed by atoms with Crippen molar-refractivity contribution in [3.8, 4) is 0 Å². The zero-order chi connectivity index (χ0) is 15.7. The third-order valence-electron chi connectivity index (χ3n) is 4.46. The lowest BCUT2D eigenvalue weighted by molar-refractivity contribution is -0.147. The second-order valence-corrected chi connectivity index (χ2v) is 6.20. The first kappa shape index (κ1) is 15.3. The number of hydrogen-bond acceptors (Lipinski definition) is 4. The summed E-state index contributed by atoms with van der Waals surface area (Å²) < 4.78 is 4.98. The maximum atomic E-state index is 12.3. The fourth-order valence-electron chi connectivity index (χ4n) is 3.36. The zero-order valence-corrected chi connectivity index (χ0v) is 13.2. The third-order valence-corrected chi connectivity index (χ3v) is 4.80. The van der Waals surface area contributed by atoms with Crippen molar-refractivity contribution in [1.29, 1.82) is 0 Å². The van der Waals surface area contributed by atoms with Crippen LogP contribution in [0, 0.1) is 5.92 Å². The van der Waals surface area contributed by atoms with Gasteiger partial charge < -0.3 is 4.74 Å². The van der Waals surface area contributed by atoms with Crippen LogP contribution in [0.5, 0.6) is 0 Å². The first-order chi connectivity index (χ1) is 10.6. The standard InChI is InChI=1S/C17H18ClNO3/c1-22-17(21)16(14-4-2-3-5-15(14)18)19-7-6-11-8-13(20)9-12(11)10-19/h2-5,9,11,16H,6-8,10H2,1H3/t11?,16-/m0/s1. The molecule has 0 bridgehead atoms. The Kier molecular flexibility index (Phi) is 4.32. The van der Waals surface area contributed by atoms with Crippen LogP contribution in [0.15, 0.2) is 35.9 Å². The fraction of sp³-hybridized carbons (Fsp3) is 0.412. The summed E-state index contributed by atoms with van der Waals surface area (Å²) >= 11 is 6.27. The number of nitrogens with zero attached hydrogens (tertiary/aromatic N) is 1. The first-order valence-electron chi connectivity index (χ1n) is 7.39. The Morgan fingerprint density at radius 3 is 2.91 bits per heavy atom. The van der Waals surface area contributed by atoms with E-state index < -0.39 is 6.04 Å². The Labute approximate surface area is 134 Å². The molecule has 0 spiro atoms. The van der Waals surface area contributed by atoms with E-state index in [1.54, 1.807) is 12.1 Å². The number of ether oxygens (including phenoxy) is 1. The smallest absolute Gasteiger partial charge is 0.327 e. The molecule has 0 radical (unpaired) electrons. The van der Waals surface area contributed by atoms with Crippen LogP contribution < -0.4 is 0 Å². The molecule has 1 aliphatic carbocycles. The molecule has 2 aliphatic rings. The summed E-state index contributed by atoms with van der Waals surface area (Å²) in [6, 6.07) is 6.80. The van der Waals surface area contributed by atoms with E-state index in [1.807, 2.05) is 23.1 Å². The lowest BCUT2D eigenvalue weighted by atomic mass is 9.91. The number of allylic oxidation sites excluding steroid dienone is 1. The van der Waals surface area contributed by atoms with E-state index >= 15 is 0 Å². The van der Waals surface area contributed by atoms with Gasteiger partial charge >= 0.3 is 5.97 Å². The average molecular weight is 320 g/mol. The Morgan fingerprint density at radius 2 is 2.18 bits per heavy atom. The highest BCUT2D eigenvalue weighted by Crippen LogP contribution is 2.37. The SMILES string of the molecule is COC(=O)[C@H](c1ccccc1Cl)N1CCC2CC(=O)C=C2C1. The molecule has 1 unspecified atom stereocenters. The van der Waals surface area contributed by atoms with Crippen molar-refractivity contribution in [3.63, 3.8) is 0 Å². The zero-order valence-electron chi connectivity index (χ0n) is 12.4. The number of rotatable bonds is 3. The van der Waals surface area contributed by atoms with Gasteiger partial charge in [0.05, 0.1) is 7.11 Å². The highest BCUT2D eigenvalue weighted by Gasteiger charge is 2.37. The summed E-state index contributed by atoms with van der Waals surface area (Å²) in [5.74, 6) is 0.207. The molecule has 22 heavy (non-hydrogen) atoms. The van der Waals surface area contributed by atoms with Gasteiger partial charge in [0, 0.05) is 24.5 Å². The number of methoxy groups -OCH3 is 1. The molecule has 4 nitrogen and oxygen atoms in total. The fourth-order valence-corrected chi connectivity index (χ4v) is 3.60. The lowest BCUT2D eigenvalue weighted by Crippen LogP contribution is -2.41. The van der Waals surface area contributed by atoms with Crippen molar-refractivity contribution < 1.29 is 14.3 Å². The van der Waals surface area contributed by atoms with Gasteiger partial charge in [-0.15, -0.1) is 0 Å². The van der Waals surface area contributed by atoms with Crippen LogP contribution in [0.4, 0.5) is 0 Å². The highest BCUT2D eigenvalue weighted by molar-refractivity contribution is 6.31. The summed E-state index contributed by atoms with van der Waals surface area (Å²) in [6.45, 7) is 1.36. The van der Waals surface area contributed by atoms with Gasteiger partial charge in [-0.25, -0.2) is 4.79 Å². The molecule has 1 aromatic rings. The first-order valence-corrected chi connectivity index (χ1v) is 7.77. The number of esters is 1. The van der Waals surface area contributed by atoms with E-state index in [0.29, 0.717) is 23.9 Å². The summed E-state index contributed by atoms with van der Waals surface area (Å²) in [7, 11) is 1.39. The van der Waals surface area contributed by atoms with Crippen molar-refractivity contribution in [2.45, 2.75) is 18.9 Å². The average Bonchev–Trinajstić information content (AvgIpc) is 2.88. The molecule has 1 heterocycles. The van der Waals surface area contributed by atoms with Gasteiger partial charge in [0.1, 0.15) is 6.04 Å². The molecule has 0 N–H and O–H groups in total. The van der Waals surface area contributed by atoms with E-state index in [0.717, 1.165) is 24.1 Å². The van der Waals surface area contributed by atoms with E-state index in [4.69, 9.17) is 16.3 Å². The molecule has 1 aromatic carbocycles. The normalized spacial score (nSPS) is 22.9. The van der Waals surface area contributed by atoms with Crippen LogP contribution in [0.2, 0.25) is 5.02 Å². The Bertz CT molecular complexity index is 641. The minimum Gasteiger partial charge on any atom is -0.468 e. The summed E-state index contributed by atoms with van der Waals surface area (Å²) in [4.78, 5) is 26.0. The second-order valence-electron chi connectivity index (χ2n) is 5.79. The molecule has 3 rings (SSSR count). The van der Waals surface area contributed by atoms with Gasteiger partial charge in [-0.2, -0.15) is 0 Å². The van der Waals surface area contributed by atoms with Crippen molar-refractivity contribution in [2.75, 3.05) is 20.2 Å². The topological polar surface area (TPSA) is 46.6 Å². The Balaban J connectivity index is 1.91. The number of hydrogen-bond donors (Lipinski definition) is 0. The van der Waals surface area contributed by atoms with E-state index in [2.05, 4.69) is 0 Å². The largest absolute Gasteiger partial charge is 0.468 e.